The van der Waals surface area contributed by atoms with Crippen LogP contribution in [0.4, 0.5) is 13.2 Å². The number of amides is 1. The highest BCUT2D eigenvalue weighted by molar-refractivity contribution is 5.95. The molecule has 1 fully saturated rings. The van der Waals surface area contributed by atoms with E-state index in [1.807, 2.05) is 6.92 Å². The Hall–Kier alpha value is -2.39. The molecular weight excluding hydrogens is 361 g/mol. The van der Waals surface area contributed by atoms with Gasteiger partial charge in [0.15, 0.2) is 5.69 Å². The fourth-order valence-corrected chi connectivity index (χ4v) is 2.92. The van der Waals surface area contributed by atoms with Crippen LogP contribution in [0.25, 0.3) is 5.69 Å². The Bertz CT molecular complexity index is 781. The van der Waals surface area contributed by atoms with Crippen molar-refractivity contribution in [3.63, 3.8) is 0 Å². The first kappa shape index (κ1) is 19.4. The standard InChI is InChI=1S/C18H21F3N4O2/c1-13-2-4-14(5-3-13)25-16(18(19,20)21)15(12-23-25)17(26)22-6-7-24-8-10-27-11-9-24/h2-5,12H,6-11H2,1H3,(H,22,26). The second-order valence-corrected chi connectivity index (χ2v) is 6.36. The smallest absolute Gasteiger partial charge is 0.379 e. The summed E-state index contributed by atoms with van der Waals surface area (Å²) in [6.45, 7) is 5.38. The molecule has 27 heavy (non-hydrogen) atoms. The van der Waals surface area contributed by atoms with Crippen LogP contribution in [0.5, 0.6) is 0 Å². The Morgan fingerprint density at radius 2 is 1.89 bits per heavy atom. The van der Waals surface area contributed by atoms with Crippen molar-refractivity contribution in [1.82, 2.24) is 20.0 Å². The molecule has 0 aliphatic carbocycles. The maximum atomic E-state index is 13.6. The number of nitrogens with zero attached hydrogens (tertiary/aromatic N) is 3. The topological polar surface area (TPSA) is 59.4 Å². The van der Waals surface area contributed by atoms with Crippen molar-refractivity contribution in [2.45, 2.75) is 13.1 Å². The van der Waals surface area contributed by atoms with Crippen molar-refractivity contribution in [1.29, 1.82) is 0 Å². The number of rotatable bonds is 5. The molecule has 1 amide bonds. The molecule has 9 heteroatoms. The second kappa shape index (κ2) is 8.10. The molecular formula is C18H21F3N4O2. The van der Waals surface area contributed by atoms with Crippen molar-refractivity contribution in [3.05, 3.63) is 47.3 Å². The Morgan fingerprint density at radius 1 is 1.22 bits per heavy atom. The molecule has 1 aliphatic heterocycles. The average molecular weight is 382 g/mol. The normalized spacial score (nSPS) is 15.7. The zero-order chi connectivity index (χ0) is 19.4. The highest BCUT2D eigenvalue weighted by Gasteiger charge is 2.40. The first-order chi connectivity index (χ1) is 12.9. The summed E-state index contributed by atoms with van der Waals surface area (Å²) in [5, 5.41) is 6.37. The fraction of sp³-hybridized carbons (Fsp3) is 0.444. The summed E-state index contributed by atoms with van der Waals surface area (Å²) in [4.78, 5) is 14.4. The number of aryl methyl sites for hydroxylation is 1. The van der Waals surface area contributed by atoms with Gasteiger partial charge in [-0.3, -0.25) is 9.69 Å². The molecule has 2 heterocycles. The largest absolute Gasteiger partial charge is 0.434 e. The van der Waals surface area contributed by atoms with Crippen molar-refractivity contribution < 1.29 is 22.7 Å². The number of aromatic nitrogens is 2. The number of hydrogen-bond donors (Lipinski definition) is 1. The number of halogens is 3. The zero-order valence-corrected chi connectivity index (χ0v) is 14.9. The molecule has 146 valence electrons. The number of hydrogen-bond acceptors (Lipinski definition) is 4. The minimum absolute atomic E-state index is 0.250. The molecule has 2 aromatic rings. The predicted molar refractivity (Wildman–Crippen MR) is 92.9 cm³/mol. The number of alkyl halides is 3. The first-order valence-electron chi connectivity index (χ1n) is 8.67. The molecule has 0 saturated carbocycles. The van der Waals surface area contributed by atoms with Crippen LogP contribution in [0.2, 0.25) is 0 Å². The van der Waals surface area contributed by atoms with Crippen molar-refractivity contribution in [2.75, 3.05) is 39.4 Å². The van der Waals surface area contributed by atoms with E-state index in [9.17, 15) is 18.0 Å². The third-order valence-corrected chi connectivity index (χ3v) is 4.38. The van der Waals surface area contributed by atoms with Gasteiger partial charge < -0.3 is 10.1 Å². The van der Waals surface area contributed by atoms with Gasteiger partial charge in [-0.05, 0) is 19.1 Å². The van der Waals surface area contributed by atoms with Gasteiger partial charge in [0.1, 0.15) is 0 Å². The van der Waals surface area contributed by atoms with Gasteiger partial charge in [0.25, 0.3) is 5.91 Å². The third-order valence-electron chi connectivity index (χ3n) is 4.38. The second-order valence-electron chi connectivity index (χ2n) is 6.36. The van der Waals surface area contributed by atoms with E-state index in [0.29, 0.717) is 19.8 Å². The summed E-state index contributed by atoms with van der Waals surface area (Å²) in [6, 6.07) is 6.47. The summed E-state index contributed by atoms with van der Waals surface area (Å²) >= 11 is 0. The monoisotopic (exact) mass is 382 g/mol. The van der Waals surface area contributed by atoms with Crippen LogP contribution in [0.1, 0.15) is 21.6 Å². The van der Waals surface area contributed by atoms with Crippen molar-refractivity contribution in [3.8, 4) is 5.69 Å². The minimum atomic E-state index is -4.71. The van der Waals surface area contributed by atoms with E-state index < -0.39 is 23.3 Å². The summed E-state index contributed by atoms with van der Waals surface area (Å²) in [6.07, 6.45) is -3.75. The molecule has 1 aliphatic rings. The van der Waals surface area contributed by atoms with Crippen LogP contribution in [-0.2, 0) is 10.9 Å². The van der Waals surface area contributed by atoms with Gasteiger partial charge in [-0.15, -0.1) is 0 Å². The third kappa shape index (κ3) is 4.67. The summed E-state index contributed by atoms with van der Waals surface area (Å²) in [5.74, 6) is -0.783. The quantitative estimate of drug-likeness (QED) is 0.862. The van der Waals surface area contributed by atoms with E-state index >= 15 is 0 Å². The molecule has 0 atom stereocenters. The predicted octanol–water partition coefficient (Wildman–Crippen LogP) is 2.26. The summed E-state index contributed by atoms with van der Waals surface area (Å²) in [7, 11) is 0. The Balaban J connectivity index is 1.76. The molecule has 0 spiro atoms. The van der Waals surface area contributed by atoms with Gasteiger partial charge >= 0.3 is 6.18 Å². The Morgan fingerprint density at radius 3 is 2.52 bits per heavy atom. The Labute approximate surface area is 154 Å². The van der Waals surface area contributed by atoms with Gasteiger partial charge in [0.2, 0.25) is 0 Å². The van der Waals surface area contributed by atoms with E-state index in [4.69, 9.17) is 4.74 Å². The molecule has 3 rings (SSSR count). The lowest BCUT2D eigenvalue weighted by Crippen LogP contribution is -2.41. The SMILES string of the molecule is Cc1ccc(-n2ncc(C(=O)NCCN3CCOCC3)c2C(F)(F)F)cc1. The maximum Gasteiger partial charge on any atom is 0.434 e. The van der Waals surface area contributed by atoms with Crippen LogP contribution < -0.4 is 5.32 Å². The van der Waals surface area contributed by atoms with E-state index in [1.165, 1.54) is 12.1 Å². The van der Waals surface area contributed by atoms with Crippen LogP contribution in [-0.4, -0.2) is 60.0 Å². The number of nitrogens with one attached hydrogen (secondary N) is 1. The highest BCUT2D eigenvalue weighted by Crippen LogP contribution is 2.33. The lowest BCUT2D eigenvalue weighted by atomic mass is 10.2. The van der Waals surface area contributed by atoms with Crippen LogP contribution in [0, 0.1) is 6.92 Å². The molecule has 1 aromatic carbocycles. The highest BCUT2D eigenvalue weighted by atomic mass is 19.4. The van der Waals surface area contributed by atoms with Gasteiger partial charge in [-0.2, -0.15) is 18.3 Å². The van der Waals surface area contributed by atoms with E-state index in [1.54, 1.807) is 12.1 Å². The maximum absolute atomic E-state index is 13.6. The molecule has 0 unspecified atom stereocenters. The van der Waals surface area contributed by atoms with Crippen molar-refractivity contribution >= 4 is 5.91 Å². The fourth-order valence-electron chi connectivity index (χ4n) is 2.92. The van der Waals surface area contributed by atoms with Gasteiger partial charge in [-0.1, -0.05) is 17.7 Å². The summed E-state index contributed by atoms with van der Waals surface area (Å²) < 4.78 is 46.8. The molecule has 0 radical (unpaired) electrons. The molecule has 1 N–H and O–H groups in total. The molecule has 0 bridgehead atoms. The lowest BCUT2D eigenvalue weighted by molar-refractivity contribution is -0.143. The van der Waals surface area contributed by atoms with Gasteiger partial charge in [0.05, 0.1) is 30.7 Å². The van der Waals surface area contributed by atoms with E-state index in [2.05, 4.69) is 15.3 Å². The molecule has 6 nitrogen and oxygen atoms in total. The summed E-state index contributed by atoms with van der Waals surface area (Å²) in [5.41, 5.74) is -0.388. The number of benzene rings is 1. The number of ether oxygens (including phenoxy) is 1. The lowest BCUT2D eigenvalue weighted by Gasteiger charge is -2.26. The van der Waals surface area contributed by atoms with E-state index in [0.717, 1.165) is 29.5 Å². The first-order valence-corrected chi connectivity index (χ1v) is 8.67. The van der Waals surface area contributed by atoms with Crippen LogP contribution >= 0.6 is 0 Å². The number of carbonyl (C=O) groups is 1. The number of carbonyl (C=O) groups excluding carboxylic acids is 1. The minimum Gasteiger partial charge on any atom is -0.379 e. The number of morpholine rings is 1. The molecule has 1 aromatic heterocycles. The average Bonchev–Trinajstić information content (AvgIpc) is 3.09. The van der Waals surface area contributed by atoms with Crippen LogP contribution in [0.3, 0.4) is 0 Å². The van der Waals surface area contributed by atoms with Gasteiger partial charge in [0, 0.05) is 26.2 Å². The Kier molecular flexibility index (Phi) is 5.81. The molecule has 1 saturated heterocycles. The van der Waals surface area contributed by atoms with Gasteiger partial charge in [-0.25, -0.2) is 4.68 Å². The van der Waals surface area contributed by atoms with Crippen LogP contribution in [0.15, 0.2) is 30.5 Å². The van der Waals surface area contributed by atoms with E-state index in [-0.39, 0.29) is 12.2 Å². The van der Waals surface area contributed by atoms with Crippen molar-refractivity contribution in [2.24, 2.45) is 0 Å². The zero-order valence-electron chi connectivity index (χ0n) is 14.9.